The molecular weight excluding hydrogens is 470 g/mol. The predicted molar refractivity (Wildman–Crippen MR) is 142 cm³/mol. The molecule has 0 atom stereocenters. The van der Waals surface area contributed by atoms with Crippen molar-refractivity contribution in [2.45, 2.75) is 6.92 Å². The Morgan fingerprint density at radius 3 is 2.44 bits per heavy atom. The maximum Gasteiger partial charge on any atom is 0.291 e. The van der Waals surface area contributed by atoms with E-state index in [1.165, 1.54) is 15.9 Å². The van der Waals surface area contributed by atoms with Gasteiger partial charge < -0.3 is 4.74 Å². The van der Waals surface area contributed by atoms with Crippen molar-refractivity contribution in [1.82, 2.24) is 24.4 Å². The Balaban J connectivity index is 1.48. The number of ether oxygens (including phenoxy) is 1. The maximum atomic E-state index is 13.2. The lowest BCUT2D eigenvalue weighted by atomic mass is 10.1. The molecule has 8 heteroatoms. The molecule has 0 saturated heterocycles. The Labute approximate surface area is 210 Å². The van der Waals surface area contributed by atoms with Crippen molar-refractivity contribution < 1.29 is 4.74 Å². The molecule has 6 rings (SSSR count). The number of methoxy groups -OCH3 is 1. The van der Waals surface area contributed by atoms with Crippen LogP contribution in [0.3, 0.4) is 0 Å². The van der Waals surface area contributed by atoms with Crippen molar-refractivity contribution in [3.05, 3.63) is 111 Å². The molecule has 3 aromatic carbocycles. The molecule has 0 aliphatic rings. The highest BCUT2D eigenvalue weighted by Crippen LogP contribution is 2.26. The van der Waals surface area contributed by atoms with E-state index in [2.05, 4.69) is 10.1 Å². The van der Waals surface area contributed by atoms with Crippen LogP contribution in [0.25, 0.3) is 39.4 Å². The van der Waals surface area contributed by atoms with Crippen molar-refractivity contribution in [2.24, 2.45) is 0 Å². The van der Waals surface area contributed by atoms with Crippen LogP contribution in [0.2, 0.25) is 0 Å². The van der Waals surface area contributed by atoms with Crippen molar-refractivity contribution in [3.63, 3.8) is 0 Å². The van der Waals surface area contributed by atoms with Gasteiger partial charge in [-0.15, -0.1) is 5.10 Å². The molecule has 0 bridgehead atoms. The summed E-state index contributed by atoms with van der Waals surface area (Å²) in [5.74, 6) is 1.31. The third-order valence-corrected chi connectivity index (χ3v) is 6.83. The third-order valence-electron chi connectivity index (χ3n) is 5.87. The number of nitrogens with zero attached hydrogens (tertiary/aromatic N) is 5. The van der Waals surface area contributed by atoms with E-state index in [0.717, 1.165) is 39.4 Å². The molecule has 176 valence electrons. The number of hydrogen-bond donors (Lipinski definition) is 0. The molecule has 0 aliphatic carbocycles. The van der Waals surface area contributed by atoms with Gasteiger partial charge in [0.1, 0.15) is 11.4 Å². The molecule has 6 aromatic rings. The van der Waals surface area contributed by atoms with Gasteiger partial charge in [0, 0.05) is 22.9 Å². The number of para-hydroxylation sites is 1. The van der Waals surface area contributed by atoms with E-state index in [-0.39, 0.29) is 5.56 Å². The zero-order chi connectivity index (χ0) is 24.6. The number of rotatable bonds is 5. The van der Waals surface area contributed by atoms with Crippen LogP contribution in [-0.4, -0.2) is 31.5 Å². The molecule has 36 heavy (non-hydrogen) atoms. The first-order chi connectivity index (χ1) is 17.6. The minimum Gasteiger partial charge on any atom is -0.497 e. The summed E-state index contributed by atoms with van der Waals surface area (Å²) in [7, 11) is 1.64. The summed E-state index contributed by atoms with van der Waals surface area (Å²) in [5.41, 5.74) is 5.25. The fourth-order valence-electron chi connectivity index (χ4n) is 4.06. The number of hydrogen-bond acceptors (Lipinski definition) is 6. The summed E-state index contributed by atoms with van der Waals surface area (Å²) in [6.07, 6.45) is 3.80. The highest BCUT2D eigenvalue weighted by atomic mass is 32.1. The molecular formula is C28H21N5O2S. The molecule has 0 saturated carbocycles. The summed E-state index contributed by atoms with van der Waals surface area (Å²) in [5, 5.41) is 9.33. The minimum absolute atomic E-state index is 0.199. The lowest BCUT2D eigenvalue weighted by Gasteiger charge is -2.02. The van der Waals surface area contributed by atoms with Crippen LogP contribution in [0, 0.1) is 6.92 Å². The average Bonchev–Trinajstić information content (AvgIpc) is 3.60. The highest BCUT2D eigenvalue weighted by Gasteiger charge is 2.15. The number of aromatic nitrogens is 5. The normalized spacial score (nSPS) is 11.9. The summed E-state index contributed by atoms with van der Waals surface area (Å²) in [6, 6.07) is 25.5. The largest absolute Gasteiger partial charge is 0.497 e. The van der Waals surface area contributed by atoms with Gasteiger partial charge in [-0.1, -0.05) is 53.3 Å². The SMILES string of the molecule is COc1ccc(-c2nn(-c3ccccc3)cc2C=c2sc3nc(-c4cccc(C)c4)nn3c2=O)cc1. The summed E-state index contributed by atoms with van der Waals surface area (Å²) < 4.78 is 9.05. The van der Waals surface area contributed by atoms with Crippen LogP contribution < -0.4 is 14.8 Å². The third kappa shape index (κ3) is 3.97. The monoisotopic (exact) mass is 491 g/mol. The smallest absolute Gasteiger partial charge is 0.291 e. The summed E-state index contributed by atoms with van der Waals surface area (Å²) >= 11 is 1.32. The van der Waals surface area contributed by atoms with Crippen LogP contribution in [0.15, 0.2) is 89.9 Å². The predicted octanol–water partition coefficient (Wildman–Crippen LogP) is 4.54. The molecule has 3 heterocycles. The second kappa shape index (κ2) is 8.90. The van der Waals surface area contributed by atoms with Crippen LogP contribution in [0.1, 0.15) is 11.1 Å². The average molecular weight is 492 g/mol. The van der Waals surface area contributed by atoms with E-state index < -0.39 is 0 Å². The molecule has 0 amide bonds. The fraction of sp³-hybridized carbons (Fsp3) is 0.0714. The van der Waals surface area contributed by atoms with E-state index in [1.54, 1.807) is 7.11 Å². The molecule has 3 aromatic heterocycles. The van der Waals surface area contributed by atoms with Gasteiger partial charge in [0.05, 0.1) is 17.3 Å². The first-order valence-corrected chi connectivity index (χ1v) is 12.2. The zero-order valence-electron chi connectivity index (χ0n) is 19.6. The van der Waals surface area contributed by atoms with E-state index in [0.29, 0.717) is 15.3 Å². The number of thiazole rings is 1. The molecule has 0 unspecified atom stereocenters. The number of aryl methyl sites for hydroxylation is 1. The summed E-state index contributed by atoms with van der Waals surface area (Å²) in [6.45, 7) is 2.02. The molecule has 0 radical (unpaired) electrons. The lowest BCUT2D eigenvalue weighted by Crippen LogP contribution is -2.23. The Morgan fingerprint density at radius 1 is 0.917 bits per heavy atom. The maximum absolute atomic E-state index is 13.2. The van der Waals surface area contributed by atoms with Crippen LogP contribution >= 0.6 is 11.3 Å². The standard InChI is InChI=1S/C28H21N5O2S/c1-18-7-6-8-20(15-18)26-29-28-33(31-26)27(34)24(36-28)16-21-17-32(22-9-4-3-5-10-22)30-25(21)19-11-13-23(35-2)14-12-19/h3-17H,1-2H3. The molecule has 7 nitrogen and oxygen atoms in total. The van der Waals surface area contributed by atoms with Crippen LogP contribution in [-0.2, 0) is 0 Å². The van der Waals surface area contributed by atoms with Crippen molar-refractivity contribution in [1.29, 1.82) is 0 Å². The second-order valence-corrected chi connectivity index (χ2v) is 9.37. The first-order valence-electron chi connectivity index (χ1n) is 11.4. The topological polar surface area (TPSA) is 74.3 Å². The zero-order valence-corrected chi connectivity index (χ0v) is 20.4. The first kappa shape index (κ1) is 21.9. The number of benzene rings is 3. The van der Waals surface area contributed by atoms with E-state index in [4.69, 9.17) is 9.84 Å². The van der Waals surface area contributed by atoms with Gasteiger partial charge in [0.25, 0.3) is 5.56 Å². The lowest BCUT2D eigenvalue weighted by molar-refractivity contribution is 0.415. The molecule has 0 spiro atoms. The van der Waals surface area contributed by atoms with E-state index in [9.17, 15) is 4.79 Å². The Hall–Kier alpha value is -4.56. The van der Waals surface area contributed by atoms with Gasteiger partial charge in [-0.2, -0.15) is 14.6 Å². The molecule has 0 aliphatic heterocycles. The highest BCUT2D eigenvalue weighted by molar-refractivity contribution is 7.15. The molecule has 0 N–H and O–H groups in total. The quantitative estimate of drug-likeness (QED) is 0.354. The van der Waals surface area contributed by atoms with Crippen molar-refractivity contribution in [3.8, 4) is 34.1 Å². The van der Waals surface area contributed by atoms with Gasteiger partial charge in [0.15, 0.2) is 5.82 Å². The van der Waals surface area contributed by atoms with Gasteiger partial charge >= 0.3 is 0 Å². The van der Waals surface area contributed by atoms with Gasteiger partial charge in [-0.3, -0.25) is 4.79 Å². The minimum atomic E-state index is -0.199. The second-order valence-electron chi connectivity index (χ2n) is 8.36. The Morgan fingerprint density at radius 2 is 1.72 bits per heavy atom. The molecule has 0 fully saturated rings. The van der Waals surface area contributed by atoms with E-state index >= 15 is 0 Å². The number of fused-ring (bicyclic) bond motifs is 1. The summed E-state index contributed by atoms with van der Waals surface area (Å²) in [4.78, 5) is 18.4. The van der Waals surface area contributed by atoms with Crippen molar-refractivity contribution >= 4 is 22.4 Å². The van der Waals surface area contributed by atoms with E-state index in [1.807, 2.05) is 103 Å². The van der Waals surface area contributed by atoms with Gasteiger partial charge in [0.2, 0.25) is 4.96 Å². The van der Waals surface area contributed by atoms with Gasteiger partial charge in [-0.05, 0) is 55.5 Å². The van der Waals surface area contributed by atoms with Crippen LogP contribution in [0.4, 0.5) is 0 Å². The Bertz CT molecular complexity index is 1800. The van der Waals surface area contributed by atoms with Crippen LogP contribution in [0.5, 0.6) is 5.75 Å². The van der Waals surface area contributed by atoms with Gasteiger partial charge in [-0.25, -0.2) is 4.68 Å². The van der Waals surface area contributed by atoms with Crippen molar-refractivity contribution in [2.75, 3.05) is 7.11 Å². The Kier molecular flexibility index (Phi) is 5.42. The fourth-order valence-corrected chi connectivity index (χ4v) is 4.96.